The number of carbonyl (C=O) groups excluding carboxylic acids is 1. The van der Waals surface area contributed by atoms with Crippen molar-refractivity contribution in [3.63, 3.8) is 0 Å². The molecular formula is C17H24N4OS. The Morgan fingerprint density at radius 3 is 2.52 bits per heavy atom. The number of aromatic nitrogens is 3. The van der Waals surface area contributed by atoms with Gasteiger partial charge < -0.3 is 9.88 Å². The Labute approximate surface area is 141 Å². The average Bonchev–Trinajstić information content (AvgIpc) is 2.79. The molecule has 0 aliphatic carbocycles. The lowest BCUT2D eigenvalue weighted by molar-refractivity contribution is -0.121. The Kier molecular flexibility index (Phi) is 5.14. The summed E-state index contributed by atoms with van der Waals surface area (Å²) in [5.41, 5.74) is 1.97. The molecule has 0 unspecified atom stereocenters. The van der Waals surface area contributed by atoms with Crippen LogP contribution in [-0.4, -0.2) is 31.5 Å². The van der Waals surface area contributed by atoms with Gasteiger partial charge in [0.2, 0.25) is 5.91 Å². The van der Waals surface area contributed by atoms with E-state index in [4.69, 9.17) is 0 Å². The van der Waals surface area contributed by atoms with Crippen LogP contribution in [0.15, 0.2) is 29.4 Å². The maximum absolute atomic E-state index is 12.2. The maximum atomic E-state index is 12.2. The number of nitrogens with one attached hydrogen (secondary N) is 1. The summed E-state index contributed by atoms with van der Waals surface area (Å²) in [4.78, 5) is 12.2. The van der Waals surface area contributed by atoms with Gasteiger partial charge in [0.15, 0.2) is 11.0 Å². The summed E-state index contributed by atoms with van der Waals surface area (Å²) in [5.74, 6) is 0.817. The highest BCUT2D eigenvalue weighted by atomic mass is 32.2. The van der Waals surface area contributed by atoms with E-state index in [2.05, 4.69) is 28.5 Å². The predicted octanol–water partition coefficient (Wildman–Crippen LogP) is 3.19. The summed E-state index contributed by atoms with van der Waals surface area (Å²) in [6.45, 7) is 9.85. The SMILES string of the molecule is Cc1ccccc1-c1nnc(S[C@@H](C)C(=O)NC(C)(C)C)n1C. The van der Waals surface area contributed by atoms with Gasteiger partial charge in [0, 0.05) is 18.2 Å². The largest absolute Gasteiger partial charge is 0.351 e. The monoisotopic (exact) mass is 332 g/mol. The van der Waals surface area contributed by atoms with E-state index in [0.717, 1.165) is 22.1 Å². The van der Waals surface area contributed by atoms with E-state index in [0.29, 0.717) is 0 Å². The summed E-state index contributed by atoms with van der Waals surface area (Å²) in [6, 6.07) is 8.08. The van der Waals surface area contributed by atoms with E-state index in [1.807, 2.05) is 57.5 Å². The normalized spacial score (nSPS) is 13.0. The molecule has 1 N–H and O–H groups in total. The molecule has 2 rings (SSSR count). The first-order valence-corrected chi connectivity index (χ1v) is 8.51. The molecule has 0 radical (unpaired) electrons. The third kappa shape index (κ3) is 4.34. The standard InChI is InChI=1S/C17H24N4OS/c1-11-9-7-8-10-13(11)14-19-20-16(21(14)6)23-12(2)15(22)18-17(3,4)5/h7-10,12H,1-6H3,(H,18,22)/t12-/m0/s1. The van der Waals surface area contributed by atoms with E-state index < -0.39 is 0 Å². The Bertz CT molecular complexity index is 703. The molecule has 23 heavy (non-hydrogen) atoms. The Morgan fingerprint density at radius 1 is 1.26 bits per heavy atom. The van der Waals surface area contributed by atoms with Crippen molar-refractivity contribution in [1.82, 2.24) is 20.1 Å². The molecule has 1 aromatic carbocycles. The molecule has 0 spiro atoms. The molecule has 0 aliphatic heterocycles. The Balaban J connectivity index is 2.17. The smallest absolute Gasteiger partial charge is 0.233 e. The maximum Gasteiger partial charge on any atom is 0.233 e. The minimum absolute atomic E-state index is 0.00272. The third-order valence-corrected chi connectivity index (χ3v) is 4.50. The molecule has 2 aromatic rings. The highest BCUT2D eigenvalue weighted by Gasteiger charge is 2.22. The molecular weight excluding hydrogens is 308 g/mol. The molecule has 0 saturated heterocycles. The first-order valence-electron chi connectivity index (χ1n) is 7.63. The van der Waals surface area contributed by atoms with Gasteiger partial charge in [-0.1, -0.05) is 36.0 Å². The van der Waals surface area contributed by atoms with E-state index in [1.54, 1.807) is 0 Å². The van der Waals surface area contributed by atoms with Crippen molar-refractivity contribution in [2.45, 2.75) is 50.6 Å². The third-order valence-electron chi connectivity index (χ3n) is 3.37. The van der Waals surface area contributed by atoms with Gasteiger partial charge >= 0.3 is 0 Å². The van der Waals surface area contributed by atoms with Gasteiger partial charge in [-0.05, 0) is 40.2 Å². The first-order chi connectivity index (χ1) is 10.7. The fourth-order valence-electron chi connectivity index (χ4n) is 2.16. The van der Waals surface area contributed by atoms with E-state index in [9.17, 15) is 4.79 Å². The summed E-state index contributed by atoms with van der Waals surface area (Å²) < 4.78 is 1.94. The van der Waals surface area contributed by atoms with Gasteiger partial charge in [0.1, 0.15) is 0 Å². The minimum atomic E-state index is -0.238. The molecule has 0 saturated carbocycles. The van der Waals surface area contributed by atoms with Crippen LogP contribution in [0.25, 0.3) is 11.4 Å². The topological polar surface area (TPSA) is 59.8 Å². The van der Waals surface area contributed by atoms with Crippen LogP contribution in [0, 0.1) is 6.92 Å². The molecule has 1 amide bonds. The van der Waals surface area contributed by atoms with E-state index in [1.165, 1.54) is 11.8 Å². The van der Waals surface area contributed by atoms with Crippen molar-refractivity contribution >= 4 is 17.7 Å². The quantitative estimate of drug-likeness (QED) is 0.874. The number of thioether (sulfide) groups is 1. The van der Waals surface area contributed by atoms with Crippen LogP contribution < -0.4 is 5.32 Å². The molecule has 0 aliphatic rings. The molecule has 6 heteroatoms. The zero-order valence-corrected chi connectivity index (χ0v) is 15.4. The second kappa shape index (κ2) is 6.74. The van der Waals surface area contributed by atoms with Crippen LogP contribution in [0.1, 0.15) is 33.3 Å². The molecule has 0 bridgehead atoms. The summed E-state index contributed by atoms with van der Waals surface area (Å²) >= 11 is 1.42. The number of rotatable bonds is 4. The van der Waals surface area contributed by atoms with Gasteiger partial charge in [0.05, 0.1) is 5.25 Å². The van der Waals surface area contributed by atoms with Crippen LogP contribution in [0.3, 0.4) is 0 Å². The lowest BCUT2D eigenvalue weighted by Gasteiger charge is -2.22. The minimum Gasteiger partial charge on any atom is -0.351 e. The average molecular weight is 332 g/mol. The van der Waals surface area contributed by atoms with E-state index >= 15 is 0 Å². The van der Waals surface area contributed by atoms with Crippen molar-refractivity contribution in [2.75, 3.05) is 0 Å². The second-order valence-electron chi connectivity index (χ2n) is 6.68. The van der Waals surface area contributed by atoms with Crippen molar-refractivity contribution in [1.29, 1.82) is 0 Å². The molecule has 1 atom stereocenters. The number of benzene rings is 1. The highest BCUT2D eigenvalue weighted by Crippen LogP contribution is 2.27. The summed E-state index contributed by atoms with van der Waals surface area (Å²) in [5, 5.41) is 12.0. The number of amides is 1. The lowest BCUT2D eigenvalue weighted by atomic mass is 10.1. The summed E-state index contributed by atoms with van der Waals surface area (Å²) in [7, 11) is 1.93. The van der Waals surface area contributed by atoms with Gasteiger partial charge in [-0.3, -0.25) is 4.79 Å². The molecule has 0 fully saturated rings. The van der Waals surface area contributed by atoms with Crippen LogP contribution in [-0.2, 0) is 11.8 Å². The van der Waals surface area contributed by atoms with Crippen LogP contribution in [0.4, 0.5) is 0 Å². The lowest BCUT2D eigenvalue weighted by Crippen LogP contribution is -2.44. The number of aryl methyl sites for hydroxylation is 1. The Morgan fingerprint density at radius 2 is 1.91 bits per heavy atom. The second-order valence-corrected chi connectivity index (χ2v) is 7.99. The number of hydrogen-bond donors (Lipinski definition) is 1. The predicted molar refractivity (Wildman–Crippen MR) is 94.4 cm³/mol. The zero-order chi connectivity index (χ0) is 17.2. The first kappa shape index (κ1) is 17.5. The van der Waals surface area contributed by atoms with Crippen molar-refractivity contribution < 1.29 is 4.79 Å². The van der Waals surface area contributed by atoms with Crippen LogP contribution in [0.2, 0.25) is 0 Å². The van der Waals surface area contributed by atoms with Gasteiger partial charge in [-0.2, -0.15) is 0 Å². The van der Waals surface area contributed by atoms with Gasteiger partial charge in [-0.15, -0.1) is 10.2 Å². The highest BCUT2D eigenvalue weighted by molar-refractivity contribution is 8.00. The molecule has 5 nitrogen and oxygen atoms in total. The molecule has 124 valence electrons. The fraction of sp³-hybridized carbons (Fsp3) is 0.471. The van der Waals surface area contributed by atoms with Crippen molar-refractivity contribution in [2.24, 2.45) is 7.05 Å². The number of hydrogen-bond acceptors (Lipinski definition) is 4. The van der Waals surface area contributed by atoms with Crippen LogP contribution in [0.5, 0.6) is 0 Å². The van der Waals surface area contributed by atoms with Gasteiger partial charge in [0.25, 0.3) is 0 Å². The molecule has 1 aromatic heterocycles. The van der Waals surface area contributed by atoms with Crippen molar-refractivity contribution in [3.05, 3.63) is 29.8 Å². The summed E-state index contributed by atoms with van der Waals surface area (Å²) in [6.07, 6.45) is 0. The zero-order valence-electron chi connectivity index (χ0n) is 14.5. The van der Waals surface area contributed by atoms with Gasteiger partial charge in [-0.25, -0.2) is 0 Å². The van der Waals surface area contributed by atoms with Crippen molar-refractivity contribution in [3.8, 4) is 11.4 Å². The van der Waals surface area contributed by atoms with E-state index in [-0.39, 0.29) is 16.7 Å². The van der Waals surface area contributed by atoms with Crippen LogP contribution >= 0.6 is 11.8 Å². The Hall–Kier alpha value is -1.82. The molecule has 1 heterocycles. The number of carbonyl (C=O) groups is 1. The fourth-order valence-corrected chi connectivity index (χ4v) is 2.97. The number of nitrogens with zero attached hydrogens (tertiary/aromatic N) is 3.